The van der Waals surface area contributed by atoms with Crippen molar-refractivity contribution in [2.75, 3.05) is 7.11 Å². The number of nitro benzene ring substituents is 1. The molecule has 0 aliphatic heterocycles. The number of methoxy groups -OCH3 is 1. The van der Waals surface area contributed by atoms with E-state index in [2.05, 4.69) is 23.6 Å². The molecule has 0 atom stereocenters. The quantitative estimate of drug-likeness (QED) is 0.127. The lowest BCUT2D eigenvalue weighted by atomic mass is 10.1. The topological polar surface area (TPSA) is 76.5 Å². The maximum absolute atomic E-state index is 11.2. The molecule has 1 N–H and O–H groups in total. The maximum atomic E-state index is 11.2. The van der Waals surface area contributed by atoms with E-state index in [0.717, 1.165) is 35.3 Å². The van der Waals surface area contributed by atoms with E-state index in [4.69, 9.17) is 4.74 Å². The highest BCUT2D eigenvalue weighted by atomic mass is 16.6. The molecule has 0 aliphatic rings. The number of hydrogen-bond donors (Lipinski definition) is 1. The second-order valence-corrected chi connectivity index (χ2v) is 8.61. The van der Waals surface area contributed by atoms with E-state index in [0.29, 0.717) is 5.56 Å². The number of aromatic hydroxyl groups is 1. The van der Waals surface area contributed by atoms with Crippen LogP contribution in [0.15, 0.2) is 48.5 Å². The minimum Gasteiger partial charge on any atom is -0.502 e. The lowest BCUT2D eigenvalue weighted by molar-refractivity contribution is -0.673. The first-order chi connectivity index (χ1) is 16.5. The summed E-state index contributed by atoms with van der Waals surface area (Å²) < 4.78 is 7.66. The van der Waals surface area contributed by atoms with Crippen molar-refractivity contribution in [2.24, 2.45) is 0 Å². The molecule has 0 fully saturated rings. The molecule has 0 amide bonds. The molecule has 0 saturated heterocycles. The van der Waals surface area contributed by atoms with E-state index in [1.54, 1.807) is 25.3 Å². The third kappa shape index (κ3) is 6.56. The third-order valence-electron chi connectivity index (χ3n) is 6.18. The van der Waals surface area contributed by atoms with E-state index < -0.39 is 4.92 Å². The highest BCUT2D eigenvalue weighted by Gasteiger charge is 2.17. The summed E-state index contributed by atoms with van der Waals surface area (Å²) in [5.74, 6) is 0.500. The average Bonchev–Trinajstić information content (AvgIpc) is 2.84. The van der Waals surface area contributed by atoms with Crippen molar-refractivity contribution in [3.05, 3.63) is 69.9 Å². The first kappa shape index (κ1) is 25.2. The number of para-hydroxylation sites is 1. The smallest absolute Gasteiger partial charge is 0.311 e. The van der Waals surface area contributed by atoms with Gasteiger partial charge in [-0.3, -0.25) is 10.1 Å². The Kier molecular flexibility index (Phi) is 9.44. The molecule has 1 heterocycles. The molecule has 180 valence electrons. The molecule has 6 nitrogen and oxygen atoms in total. The summed E-state index contributed by atoms with van der Waals surface area (Å²) >= 11 is 0. The van der Waals surface area contributed by atoms with Crippen molar-refractivity contribution in [1.82, 2.24) is 0 Å². The standard InChI is InChI=1S/C28H34N2O4/c1-3-4-5-6-7-8-9-10-20-29-24(17-15-23-21-25(34-2)18-19-26(23)29)16-14-22-12-11-13-27(28(22)31)30(32)33/h11-19,21H,3-10,20H2,1-2H3/p+1. The molecule has 0 unspecified atom stereocenters. The number of ether oxygens (including phenoxy) is 1. The van der Waals surface area contributed by atoms with Crippen LogP contribution in [-0.4, -0.2) is 17.1 Å². The SMILES string of the molecule is CCCCCCCCCC[n+]1c(C=Cc2cccc([N+](=O)[O-])c2O)ccc2cc(OC)ccc21. The average molecular weight is 464 g/mol. The molecule has 34 heavy (non-hydrogen) atoms. The van der Waals surface area contributed by atoms with Crippen molar-refractivity contribution >= 4 is 28.7 Å². The molecular formula is C28H35N2O4+. The number of hydrogen-bond acceptors (Lipinski definition) is 4. The molecule has 6 heteroatoms. The van der Waals surface area contributed by atoms with Gasteiger partial charge in [-0.2, -0.15) is 4.57 Å². The van der Waals surface area contributed by atoms with Crippen LogP contribution in [0.5, 0.6) is 11.5 Å². The second-order valence-electron chi connectivity index (χ2n) is 8.61. The molecule has 0 aliphatic carbocycles. The molecule has 1 aromatic heterocycles. The number of aromatic nitrogens is 1. The lowest BCUT2D eigenvalue weighted by Gasteiger charge is -2.07. The van der Waals surface area contributed by atoms with Crippen LogP contribution in [0.3, 0.4) is 0 Å². The van der Waals surface area contributed by atoms with Crippen LogP contribution < -0.4 is 9.30 Å². The number of nitro groups is 1. The monoisotopic (exact) mass is 463 g/mol. The fourth-order valence-electron chi connectivity index (χ4n) is 4.25. The van der Waals surface area contributed by atoms with Crippen molar-refractivity contribution in [2.45, 2.75) is 64.8 Å². The normalized spacial score (nSPS) is 11.4. The van der Waals surface area contributed by atoms with Gasteiger partial charge in [0.1, 0.15) is 12.3 Å². The molecule has 3 aromatic rings. The van der Waals surface area contributed by atoms with E-state index in [9.17, 15) is 15.2 Å². The highest BCUT2D eigenvalue weighted by Crippen LogP contribution is 2.30. The van der Waals surface area contributed by atoms with Crippen molar-refractivity contribution in [3.8, 4) is 11.5 Å². The minimum atomic E-state index is -0.571. The van der Waals surface area contributed by atoms with Gasteiger partial charge in [-0.25, -0.2) is 0 Å². The van der Waals surface area contributed by atoms with Crippen LogP contribution in [0.1, 0.15) is 69.5 Å². The number of fused-ring (bicyclic) bond motifs is 1. The van der Waals surface area contributed by atoms with E-state index in [1.807, 2.05) is 24.3 Å². The number of pyridine rings is 1. The van der Waals surface area contributed by atoms with Crippen LogP contribution in [0, 0.1) is 10.1 Å². The summed E-state index contributed by atoms with van der Waals surface area (Å²) in [6.07, 6.45) is 13.7. The van der Waals surface area contributed by atoms with Gasteiger partial charge >= 0.3 is 5.69 Å². The second kappa shape index (κ2) is 12.7. The first-order valence-corrected chi connectivity index (χ1v) is 12.2. The maximum Gasteiger partial charge on any atom is 0.311 e. The zero-order valence-corrected chi connectivity index (χ0v) is 20.2. The molecule has 3 rings (SSSR count). The van der Waals surface area contributed by atoms with Gasteiger partial charge in [-0.05, 0) is 30.7 Å². The predicted octanol–water partition coefficient (Wildman–Crippen LogP) is 7.06. The third-order valence-corrected chi connectivity index (χ3v) is 6.18. The predicted molar refractivity (Wildman–Crippen MR) is 137 cm³/mol. The number of rotatable bonds is 13. The Balaban J connectivity index is 1.82. The fourth-order valence-corrected chi connectivity index (χ4v) is 4.25. The van der Waals surface area contributed by atoms with Crippen molar-refractivity contribution in [1.29, 1.82) is 0 Å². The van der Waals surface area contributed by atoms with E-state index in [1.165, 1.54) is 51.0 Å². The zero-order chi connectivity index (χ0) is 24.3. The minimum absolute atomic E-state index is 0.292. The molecular weight excluding hydrogens is 428 g/mol. The Hall–Kier alpha value is -3.41. The summed E-state index contributed by atoms with van der Waals surface area (Å²) in [7, 11) is 1.67. The summed E-state index contributed by atoms with van der Waals surface area (Å²) in [4.78, 5) is 10.6. The van der Waals surface area contributed by atoms with Crippen molar-refractivity contribution in [3.63, 3.8) is 0 Å². The van der Waals surface area contributed by atoms with Gasteiger partial charge < -0.3 is 9.84 Å². The number of benzene rings is 2. The first-order valence-electron chi connectivity index (χ1n) is 12.2. The number of phenols is 1. The van der Waals surface area contributed by atoms with Gasteiger partial charge in [-0.1, -0.05) is 57.6 Å². The number of phenolic OH excluding ortho intramolecular Hbond substituents is 1. The zero-order valence-electron chi connectivity index (χ0n) is 20.2. The van der Waals surface area contributed by atoms with Crippen LogP contribution in [0.25, 0.3) is 23.1 Å². The molecule has 2 aromatic carbocycles. The largest absolute Gasteiger partial charge is 0.502 e. The molecule has 0 bridgehead atoms. The lowest BCUT2D eigenvalue weighted by Crippen LogP contribution is -2.38. The van der Waals surface area contributed by atoms with Gasteiger partial charge in [0.05, 0.1) is 17.4 Å². The Morgan fingerprint density at radius 3 is 2.41 bits per heavy atom. The van der Waals surface area contributed by atoms with Crippen LogP contribution >= 0.6 is 0 Å². The Morgan fingerprint density at radius 2 is 1.71 bits per heavy atom. The molecule has 0 saturated carbocycles. The number of aryl methyl sites for hydroxylation is 1. The molecule has 0 radical (unpaired) electrons. The summed E-state index contributed by atoms with van der Waals surface area (Å²) in [5.41, 5.74) is 2.21. The summed E-state index contributed by atoms with van der Waals surface area (Å²) in [6.45, 7) is 3.11. The highest BCUT2D eigenvalue weighted by molar-refractivity contribution is 5.79. The van der Waals surface area contributed by atoms with Gasteiger partial charge in [0.15, 0.2) is 0 Å². The van der Waals surface area contributed by atoms with Crippen molar-refractivity contribution < 1.29 is 19.3 Å². The van der Waals surface area contributed by atoms with Gasteiger partial charge in [0.2, 0.25) is 17.0 Å². The Bertz CT molecular complexity index is 1140. The van der Waals surface area contributed by atoms with Gasteiger partial charge in [0, 0.05) is 36.3 Å². The summed E-state index contributed by atoms with van der Waals surface area (Å²) in [5, 5.41) is 22.5. The van der Waals surface area contributed by atoms with Crippen LogP contribution in [0.4, 0.5) is 5.69 Å². The Morgan fingerprint density at radius 1 is 0.971 bits per heavy atom. The van der Waals surface area contributed by atoms with Crippen LogP contribution in [-0.2, 0) is 6.54 Å². The summed E-state index contributed by atoms with van der Waals surface area (Å²) in [6, 6.07) is 14.7. The number of unbranched alkanes of at least 4 members (excludes halogenated alkanes) is 7. The molecule has 0 spiro atoms. The van der Waals surface area contributed by atoms with E-state index >= 15 is 0 Å². The Labute approximate surface area is 201 Å². The van der Waals surface area contributed by atoms with Gasteiger partial charge in [0.25, 0.3) is 0 Å². The number of nitrogens with zero attached hydrogens (tertiary/aromatic N) is 2. The fraction of sp³-hybridized carbons (Fsp3) is 0.393. The van der Waals surface area contributed by atoms with Gasteiger partial charge in [-0.15, -0.1) is 0 Å². The van der Waals surface area contributed by atoms with Crippen LogP contribution in [0.2, 0.25) is 0 Å². The van der Waals surface area contributed by atoms with E-state index in [-0.39, 0.29) is 11.4 Å².